The maximum absolute atomic E-state index is 12.5. The largest absolute Gasteiger partial charge is 0.338 e. The lowest BCUT2D eigenvalue weighted by Crippen LogP contribution is -2.50. The summed E-state index contributed by atoms with van der Waals surface area (Å²) in [6.45, 7) is 3.07. The summed E-state index contributed by atoms with van der Waals surface area (Å²) >= 11 is 0. The van der Waals surface area contributed by atoms with Crippen molar-refractivity contribution in [2.24, 2.45) is 0 Å². The van der Waals surface area contributed by atoms with Gasteiger partial charge in [-0.2, -0.15) is 0 Å². The predicted molar refractivity (Wildman–Crippen MR) is 124 cm³/mol. The van der Waals surface area contributed by atoms with E-state index in [1.165, 1.54) is 0 Å². The third kappa shape index (κ3) is 6.46. The summed E-state index contributed by atoms with van der Waals surface area (Å²) < 4.78 is 24.5. The van der Waals surface area contributed by atoms with Crippen LogP contribution >= 0.6 is 0 Å². The average Bonchev–Trinajstić information content (AvgIpc) is 2.80. The molecule has 0 spiro atoms. The van der Waals surface area contributed by atoms with Gasteiger partial charge in [-0.05, 0) is 43.0 Å². The van der Waals surface area contributed by atoms with E-state index in [0.717, 1.165) is 5.69 Å². The molecule has 3 N–H and O–H groups in total. The van der Waals surface area contributed by atoms with Gasteiger partial charge >= 0.3 is 12.1 Å². The molecule has 1 fully saturated rings. The summed E-state index contributed by atoms with van der Waals surface area (Å²) in [5.74, 6) is 0.0444. The minimum absolute atomic E-state index is 0.00823. The first kappa shape index (κ1) is 23.6. The van der Waals surface area contributed by atoms with Gasteiger partial charge in [0.15, 0.2) is 9.84 Å². The Balaban J connectivity index is 1.41. The molecule has 2 aromatic rings. The number of hydrogen-bond donors (Lipinski definition) is 3. The van der Waals surface area contributed by atoms with E-state index in [1.807, 2.05) is 30.3 Å². The molecular formula is C23H30N4O4S. The molecule has 0 saturated carbocycles. The number of sulfone groups is 1. The SMILES string of the molecule is CCS(=O)(=O)c1ccccc1CCNC(=O)N1CCC(NC(=O)Nc2ccccc2)CC1. The van der Waals surface area contributed by atoms with Gasteiger partial charge in [0.25, 0.3) is 0 Å². The van der Waals surface area contributed by atoms with Crippen LogP contribution in [0.25, 0.3) is 0 Å². The molecule has 32 heavy (non-hydrogen) atoms. The Labute approximate surface area is 189 Å². The van der Waals surface area contributed by atoms with Crippen molar-refractivity contribution in [1.29, 1.82) is 0 Å². The molecule has 2 aromatic carbocycles. The number of carbonyl (C=O) groups is 2. The third-order valence-corrected chi connectivity index (χ3v) is 7.34. The first-order chi connectivity index (χ1) is 15.4. The van der Waals surface area contributed by atoms with E-state index in [0.29, 0.717) is 49.4 Å². The average molecular weight is 459 g/mol. The van der Waals surface area contributed by atoms with Crippen LogP contribution < -0.4 is 16.0 Å². The summed E-state index contributed by atoms with van der Waals surface area (Å²) in [7, 11) is -3.30. The summed E-state index contributed by atoms with van der Waals surface area (Å²) in [6.07, 6.45) is 1.79. The zero-order valence-corrected chi connectivity index (χ0v) is 19.0. The number of likely N-dealkylation sites (tertiary alicyclic amines) is 1. The van der Waals surface area contributed by atoms with Gasteiger partial charge in [-0.1, -0.05) is 43.3 Å². The van der Waals surface area contributed by atoms with E-state index >= 15 is 0 Å². The van der Waals surface area contributed by atoms with E-state index in [9.17, 15) is 18.0 Å². The van der Waals surface area contributed by atoms with Crippen molar-refractivity contribution in [1.82, 2.24) is 15.5 Å². The third-order valence-electron chi connectivity index (χ3n) is 5.51. The number of benzene rings is 2. The van der Waals surface area contributed by atoms with Crippen LogP contribution in [-0.4, -0.2) is 56.8 Å². The molecule has 1 aliphatic rings. The zero-order valence-electron chi connectivity index (χ0n) is 18.2. The van der Waals surface area contributed by atoms with Crippen molar-refractivity contribution >= 4 is 27.6 Å². The molecule has 9 heteroatoms. The highest BCUT2D eigenvalue weighted by Gasteiger charge is 2.24. The highest BCUT2D eigenvalue weighted by Crippen LogP contribution is 2.17. The smallest absolute Gasteiger partial charge is 0.319 e. The molecule has 172 valence electrons. The van der Waals surface area contributed by atoms with Crippen LogP contribution in [0.5, 0.6) is 0 Å². The Morgan fingerprint density at radius 1 is 1.00 bits per heavy atom. The minimum atomic E-state index is -3.30. The van der Waals surface area contributed by atoms with Gasteiger partial charge < -0.3 is 20.9 Å². The Bertz CT molecular complexity index is 1020. The molecule has 0 unspecified atom stereocenters. The number of para-hydroxylation sites is 1. The molecule has 0 bridgehead atoms. The van der Waals surface area contributed by atoms with Crippen molar-refractivity contribution < 1.29 is 18.0 Å². The van der Waals surface area contributed by atoms with Gasteiger partial charge in [0.05, 0.1) is 10.6 Å². The number of piperidine rings is 1. The van der Waals surface area contributed by atoms with Gasteiger partial charge in [0.1, 0.15) is 0 Å². The first-order valence-corrected chi connectivity index (χ1v) is 12.5. The second-order valence-corrected chi connectivity index (χ2v) is 9.97. The van der Waals surface area contributed by atoms with Gasteiger partial charge in [0.2, 0.25) is 0 Å². The van der Waals surface area contributed by atoms with E-state index in [1.54, 1.807) is 36.1 Å². The monoisotopic (exact) mass is 458 g/mol. The maximum atomic E-state index is 12.5. The van der Waals surface area contributed by atoms with Gasteiger partial charge in [-0.3, -0.25) is 0 Å². The second-order valence-electron chi connectivity index (χ2n) is 7.72. The molecule has 3 rings (SSSR count). The number of urea groups is 2. The van der Waals surface area contributed by atoms with Crippen LogP contribution in [0.3, 0.4) is 0 Å². The van der Waals surface area contributed by atoms with Crippen LogP contribution in [0.2, 0.25) is 0 Å². The first-order valence-electron chi connectivity index (χ1n) is 10.8. The molecule has 1 aliphatic heterocycles. The van der Waals surface area contributed by atoms with E-state index in [-0.39, 0.29) is 23.9 Å². The van der Waals surface area contributed by atoms with E-state index in [2.05, 4.69) is 16.0 Å². The summed E-state index contributed by atoms with van der Waals surface area (Å²) in [5.41, 5.74) is 1.44. The van der Waals surface area contributed by atoms with Crippen molar-refractivity contribution in [2.45, 2.75) is 37.1 Å². The standard InChI is InChI=1S/C23H30N4O4S/c1-2-32(30,31)21-11-7-6-8-18(21)12-15-24-23(29)27-16-13-20(14-17-27)26-22(28)25-19-9-4-3-5-10-19/h3-11,20H,2,12-17H2,1H3,(H,24,29)(H2,25,26,28). The van der Waals surface area contributed by atoms with Crippen LogP contribution in [0, 0.1) is 0 Å². The second kappa shape index (κ2) is 11.0. The highest BCUT2D eigenvalue weighted by atomic mass is 32.2. The van der Waals surface area contributed by atoms with Gasteiger partial charge in [-0.15, -0.1) is 0 Å². The number of hydrogen-bond acceptors (Lipinski definition) is 4. The number of amides is 4. The van der Waals surface area contributed by atoms with Crippen LogP contribution in [0.1, 0.15) is 25.3 Å². The lowest BCUT2D eigenvalue weighted by atomic mass is 10.1. The minimum Gasteiger partial charge on any atom is -0.338 e. The predicted octanol–water partition coefficient (Wildman–Crippen LogP) is 3.02. The number of anilines is 1. The van der Waals surface area contributed by atoms with Crippen molar-refractivity contribution in [3.8, 4) is 0 Å². The summed E-state index contributed by atoms with van der Waals surface area (Å²) in [5, 5.41) is 8.63. The molecule has 1 heterocycles. The molecule has 4 amide bonds. The normalized spacial score (nSPS) is 14.6. The van der Waals surface area contributed by atoms with Crippen molar-refractivity contribution in [3.05, 3.63) is 60.2 Å². The van der Waals surface area contributed by atoms with Crippen molar-refractivity contribution in [2.75, 3.05) is 30.7 Å². The topological polar surface area (TPSA) is 108 Å². The van der Waals surface area contributed by atoms with Crippen molar-refractivity contribution in [3.63, 3.8) is 0 Å². The Kier molecular flexibility index (Phi) is 8.10. The summed E-state index contributed by atoms with van der Waals surface area (Å²) in [6, 6.07) is 15.7. The Morgan fingerprint density at radius 3 is 2.34 bits per heavy atom. The lowest BCUT2D eigenvalue weighted by Gasteiger charge is -2.32. The summed E-state index contributed by atoms with van der Waals surface area (Å²) in [4.78, 5) is 26.7. The van der Waals surface area contributed by atoms with Gasteiger partial charge in [0, 0.05) is 31.4 Å². The number of rotatable bonds is 7. The van der Waals surface area contributed by atoms with Crippen LogP contribution in [-0.2, 0) is 16.3 Å². The fourth-order valence-electron chi connectivity index (χ4n) is 3.69. The molecule has 1 saturated heterocycles. The molecule has 8 nitrogen and oxygen atoms in total. The Hall–Kier alpha value is -3.07. The lowest BCUT2D eigenvalue weighted by molar-refractivity contribution is 0.177. The number of nitrogens with one attached hydrogen (secondary N) is 3. The molecule has 0 atom stereocenters. The quantitative estimate of drug-likeness (QED) is 0.593. The Morgan fingerprint density at radius 2 is 1.66 bits per heavy atom. The fourth-order valence-corrected chi connectivity index (χ4v) is 4.85. The number of carbonyl (C=O) groups excluding carboxylic acids is 2. The molecule has 0 aliphatic carbocycles. The van der Waals surface area contributed by atoms with E-state index in [4.69, 9.17) is 0 Å². The van der Waals surface area contributed by atoms with E-state index < -0.39 is 9.84 Å². The zero-order chi connectivity index (χ0) is 23.0. The molecule has 0 aromatic heterocycles. The number of nitrogens with zero attached hydrogens (tertiary/aromatic N) is 1. The van der Waals surface area contributed by atoms with Crippen LogP contribution in [0.4, 0.5) is 15.3 Å². The van der Waals surface area contributed by atoms with Gasteiger partial charge in [-0.25, -0.2) is 18.0 Å². The highest BCUT2D eigenvalue weighted by molar-refractivity contribution is 7.91. The maximum Gasteiger partial charge on any atom is 0.319 e. The molecular weight excluding hydrogens is 428 g/mol. The van der Waals surface area contributed by atoms with Crippen LogP contribution in [0.15, 0.2) is 59.5 Å². The fraction of sp³-hybridized carbons (Fsp3) is 0.391. The molecule has 0 radical (unpaired) electrons.